The third-order valence-electron chi connectivity index (χ3n) is 2.94. The standard InChI is InChI=1S/C13H16BrNO2/c1-13(2,17)5-6-15-8-9-7-10(14)3-4-11(9)12(15)16/h3-4,7,17H,5-6,8H2,1-2H3. The lowest BCUT2D eigenvalue weighted by molar-refractivity contribution is 0.0517. The molecule has 1 heterocycles. The van der Waals surface area contributed by atoms with Gasteiger partial charge in [0.05, 0.1) is 5.60 Å². The highest BCUT2D eigenvalue weighted by Gasteiger charge is 2.28. The lowest BCUT2D eigenvalue weighted by atomic mass is 10.1. The fraction of sp³-hybridized carbons (Fsp3) is 0.462. The first-order chi connectivity index (χ1) is 7.87. The van der Waals surface area contributed by atoms with Crippen LogP contribution in [-0.2, 0) is 6.54 Å². The number of amides is 1. The first kappa shape index (κ1) is 12.6. The smallest absolute Gasteiger partial charge is 0.254 e. The number of fused-ring (bicyclic) bond motifs is 1. The highest BCUT2D eigenvalue weighted by molar-refractivity contribution is 9.10. The summed E-state index contributed by atoms with van der Waals surface area (Å²) < 4.78 is 0.994. The number of benzene rings is 1. The van der Waals surface area contributed by atoms with Crippen molar-refractivity contribution in [2.45, 2.75) is 32.4 Å². The molecule has 17 heavy (non-hydrogen) atoms. The molecule has 0 unspecified atom stereocenters. The highest BCUT2D eigenvalue weighted by Crippen LogP contribution is 2.26. The van der Waals surface area contributed by atoms with Crippen molar-refractivity contribution in [1.29, 1.82) is 0 Å². The Kier molecular flexibility index (Phi) is 3.27. The van der Waals surface area contributed by atoms with Crippen LogP contribution in [0.25, 0.3) is 0 Å². The quantitative estimate of drug-likeness (QED) is 0.931. The van der Waals surface area contributed by atoms with E-state index < -0.39 is 5.60 Å². The van der Waals surface area contributed by atoms with Crippen LogP contribution in [0.15, 0.2) is 22.7 Å². The fourth-order valence-electron chi connectivity index (χ4n) is 1.94. The third-order valence-corrected chi connectivity index (χ3v) is 3.43. The van der Waals surface area contributed by atoms with Gasteiger partial charge in [0.15, 0.2) is 0 Å². The minimum atomic E-state index is -0.727. The summed E-state index contributed by atoms with van der Waals surface area (Å²) in [7, 11) is 0. The van der Waals surface area contributed by atoms with Crippen LogP contribution in [0.1, 0.15) is 36.2 Å². The molecule has 1 aromatic rings. The molecule has 1 amide bonds. The Morgan fingerprint density at radius 3 is 2.82 bits per heavy atom. The van der Waals surface area contributed by atoms with Crippen molar-refractivity contribution in [2.24, 2.45) is 0 Å². The zero-order chi connectivity index (χ0) is 12.6. The molecule has 0 fully saturated rings. The van der Waals surface area contributed by atoms with Crippen LogP contribution in [0.4, 0.5) is 0 Å². The Bertz CT molecular complexity index is 451. The summed E-state index contributed by atoms with van der Waals surface area (Å²) in [4.78, 5) is 13.8. The van der Waals surface area contributed by atoms with Crippen LogP contribution in [0.5, 0.6) is 0 Å². The maximum absolute atomic E-state index is 12.1. The van der Waals surface area contributed by atoms with E-state index in [1.165, 1.54) is 0 Å². The van der Waals surface area contributed by atoms with Crippen molar-refractivity contribution in [3.05, 3.63) is 33.8 Å². The molecule has 0 bridgehead atoms. The van der Waals surface area contributed by atoms with Crippen LogP contribution < -0.4 is 0 Å². The second-order valence-electron chi connectivity index (χ2n) is 5.09. The normalized spacial score (nSPS) is 15.3. The summed E-state index contributed by atoms with van der Waals surface area (Å²) in [6.45, 7) is 4.76. The molecule has 1 N–H and O–H groups in total. The second-order valence-corrected chi connectivity index (χ2v) is 6.01. The van der Waals surface area contributed by atoms with Crippen molar-refractivity contribution < 1.29 is 9.90 Å². The summed E-state index contributed by atoms with van der Waals surface area (Å²) in [6.07, 6.45) is 0.591. The Balaban J connectivity index is 2.09. The van der Waals surface area contributed by atoms with Crippen LogP contribution in [0, 0.1) is 0 Å². The van der Waals surface area contributed by atoms with E-state index in [9.17, 15) is 9.90 Å². The van der Waals surface area contributed by atoms with Gasteiger partial charge in [-0.15, -0.1) is 0 Å². The van der Waals surface area contributed by atoms with Crippen LogP contribution >= 0.6 is 15.9 Å². The Morgan fingerprint density at radius 1 is 1.47 bits per heavy atom. The van der Waals surface area contributed by atoms with Gasteiger partial charge in [0.1, 0.15) is 0 Å². The molecular formula is C13H16BrNO2. The van der Waals surface area contributed by atoms with Crippen molar-refractivity contribution in [2.75, 3.05) is 6.54 Å². The van der Waals surface area contributed by atoms with Gasteiger partial charge in [-0.3, -0.25) is 4.79 Å². The first-order valence-electron chi connectivity index (χ1n) is 5.67. The summed E-state index contributed by atoms with van der Waals surface area (Å²) in [6, 6.07) is 5.72. The average molecular weight is 298 g/mol. The molecule has 0 aliphatic carbocycles. The predicted octanol–water partition coefficient (Wildman–Crippen LogP) is 2.57. The van der Waals surface area contributed by atoms with E-state index in [2.05, 4.69) is 15.9 Å². The highest BCUT2D eigenvalue weighted by atomic mass is 79.9. The number of carbonyl (C=O) groups excluding carboxylic acids is 1. The fourth-order valence-corrected chi connectivity index (χ4v) is 2.35. The number of hydrogen-bond acceptors (Lipinski definition) is 2. The number of aliphatic hydroxyl groups is 1. The van der Waals surface area contributed by atoms with Crippen LogP contribution in [-0.4, -0.2) is 28.1 Å². The number of rotatable bonds is 3. The maximum Gasteiger partial charge on any atom is 0.254 e. The largest absolute Gasteiger partial charge is 0.390 e. The lowest BCUT2D eigenvalue weighted by Gasteiger charge is -2.22. The molecule has 92 valence electrons. The van der Waals surface area contributed by atoms with Gasteiger partial charge in [0.2, 0.25) is 0 Å². The van der Waals surface area contributed by atoms with E-state index in [1.54, 1.807) is 18.7 Å². The summed E-state index contributed by atoms with van der Waals surface area (Å²) >= 11 is 3.41. The lowest BCUT2D eigenvalue weighted by Crippen LogP contribution is -2.31. The number of nitrogens with zero attached hydrogens (tertiary/aromatic N) is 1. The Morgan fingerprint density at radius 2 is 2.18 bits per heavy atom. The summed E-state index contributed by atoms with van der Waals surface area (Å²) in [5.41, 5.74) is 1.11. The molecule has 4 heteroatoms. The number of halogens is 1. The van der Waals surface area contributed by atoms with Gasteiger partial charge in [-0.25, -0.2) is 0 Å². The molecular weight excluding hydrogens is 282 g/mol. The SMILES string of the molecule is CC(C)(O)CCN1Cc2cc(Br)ccc2C1=O. The molecule has 0 atom stereocenters. The molecule has 1 aliphatic rings. The molecule has 1 aromatic carbocycles. The van der Waals surface area contributed by atoms with E-state index in [0.717, 1.165) is 15.6 Å². The van der Waals surface area contributed by atoms with Gasteiger partial charge in [-0.2, -0.15) is 0 Å². The second kappa shape index (κ2) is 4.42. The monoisotopic (exact) mass is 297 g/mol. The molecule has 0 aromatic heterocycles. The molecule has 0 saturated carbocycles. The predicted molar refractivity (Wildman–Crippen MR) is 69.8 cm³/mol. The van der Waals surface area contributed by atoms with Gasteiger partial charge >= 0.3 is 0 Å². The minimum absolute atomic E-state index is 0.0664. The molecule has 0 saturated heterocycles. The molecule has 0 spiro atoms. The molecule has 3 nitrogen and oxygen atoms in total. The first-order valence-corrected chi connectivity index (χ1v) is 6.46. The minimum Gasteiger partial charge on any atom is -0.390 e. The van der Waals surface area contributed by atoms with Crippen LogP contribution in [0.2, 0.25) is 0 Å². The molecule has 1 aliphatic heterocycles. The summed E-state index contributed by atoms with van der Waals surface area (Å²) in [5, 5.41) is 9.68. The van der Waals surface area contributed by atoms with E-state index in [4.69, 9.17) is 0 Å². The maximum atomic E-state index is 12.1. The third kappa shape index (κ3) is 2.87. The zero-order valence-corrected chi connectivity index (χ0v) is 11.6. The van der Waals surface area contributed by atoms with E-state index in [1.807, 2.05) is 18.2 Å². The molecule has 2 rings (SSSR count). The Labute approximate surface area is 110 Å². The van der Waals surface area contributed by atoms with E-state index >= 15 is 0 Å². The number of hydrogen-bond donors (Lipinski definition) is 1. The number of carbonyl (C=O) groups is 1. The van der Waals surface area contributed by atoms with Crippen molar-refractivity contribution in [3.63, 3.8) is 0 Å². The average Bonchev–Trinajstić information content (AvgIpc) is 2.51. The molecule has 0 radical (unpaired) electrons. The van der Waals surface area contributed by atoms with Gasteiger partial charge in [0, 0.05) is 23.1 Å². The van der Waals surface area contributed by atoms with Gasteiger partial charge in [-0.05, 0) is 44.0 Å². The van der Waals surface area contributed by atoms with E-state index in [-0.39, 0.29) is 5.91 Å². The topological polar surface area (TPSA) is 40.5 Å². The van der Waals surface area contributed by atoms with Crippen molar-refractivity contribution >= 4 is 21.8 Å². The van der Waals surface area contributed by atoms with Crippen molar-refractivity contribution in [1.82, 2.24) is 4.90 Å². The van der Waals surface area contributed by atoms with Crippen LogP contribution in [0.3, 0.4) is 0 Å². The summed E-state index contributed by atoms with van der Waals surface area (Å²) in [5.74, 6) is 0.0664. The van der Waals surface area contributed by atoms with Gasteiger partial charge in [-0.1, -0.05) is 15.9 Å². The van der Waals surface area contributed by atoms with Gasteiger partial charge in [0.25, 0.3) is 5.91 Å². The Hall–Kier alpha value is -0.870. The van der Waals surface area contributed by atoms with Gasteiger partial charge < -0.3 is 10.0 Å². The van der Waals surface area contributed by atoms with Crippen molar-refractivity contribution in [3.8, 4) is 0 Å². The van der Waals surface area contributed by atoms with E-state index in [0.29, 0.717) is 19.5 Å². The zero-order valence-electron chi connectivity index (χ0n) is 10.0.